The molecule has 0 atom stereocenters. The van der Waals surface area contributed by atoms with Crippen molar-refractivity contribution in [3.05, 3.63) is 59.2 Å². The van der Waals surface area contributed by atoms with Gasteiger partial charge in [-0.1, -0.05) is 37.3 Å². The molecule has 2 rings (SSSR count). The van der Waals surface area contributed by atoms with E-state index in [1.54, 1.807) is 6.07 Å². The van der Waals surface area contributed by atoms with Crippen LogP contribution in [-0.4, -0.2) is 5.78 Å². The Hall–Kier alpha value is -2.29. The molecule has 2 aromatic carbocycles. The van der Waals surface area contributed by atoms with Crippen molar-refractivity contribution >= 4 is 11.5 Å². The lowest BCUT2D eigenvalue weighted by molar-refractivity contribution is 0.101. The number of ether oxygens (including phenoxy) is 1. The molecule has 0 amide bonds. The molecule has 2 aromatic rings. The molecule has 104 valence electrons. The Kier molecular flexibility index (Phi) is 4.41. The SMILES string of the molecule is CCc1cc(OCc2ccccc2)cc(N)c1C(C)=O. The van der Waals surface area contributed by atoms with Crippen molar-refractivity contribution in [1.29, 1.82) is 0 Å². The zero-order chi connectivity index (χ0) is 14.5. The van der Waals surface area contributed by atoms with Gasteiger partial charge in [0.2, 0.25) is 0 Å². The minimum Gasteiger partial charge on any atom is -0.489 e. The largest absolute Gasteiger partial charge is 0.489 e. The van der Waals surface area contributed by atoms with Crippen molar-refractivity contribution in [3.63, 3.8) is 0 Å². The lowest BCUT2D eigenvalue weighted by Crippen LogP contribution is -2.06. The van der Waals surface area contributed by atoms with E-state index in [1.807, 2.05) is 43.3 Å². The molecule has 0 unspecified atom stereocenters. The van der Waals surface area contributed by atoms with Crippen LogP contribution in [0.3, 0.4) is 0 Å². The van der Waals surface area contributed by atoms with E-state index in [4.69, 9.17) is 10.5 Å². The number of ketones is 1. The van der Waals surface area contributed by atoms with Gasteiger partial charge in [-0.05, 0) is 30.5 Å². The van der Waals surface area contributed by atoms with Crippen LogP contribution in [0.2, 0.25) is 0 Å². The molecular formula is C17H19NO2. The van der Waals surface area contributed by atoms with E-state index < -0.39 is 0 Å². The number of Topliss-reactive ketones (excluding diaryl/α,β-unsaturated/α-hetero) is 1. The summed E-state index contributed by atoms with van der Waals surface area (Å²) in [5, 5.41) is 0. The molecule has 0 bridgehead atoms. The minimum atomic E-state index is -0.00559. The number of rotatable bonds is 5. The fourth-order valence-electron chi connectivity index (χ4n) is 2.23. The Labute approximate surface area is 119 Å². The molecule has 0 aromatic heterocycles. The molecule has 0 aliphatic heterocycles. The van der Waals surface area contributed by atoms with Crippen molar-refractivity contribution in [1.82, 2.24) is 0 Å². The summed E-state index contributed by atoms with van der Waals surface area (Å²) in [5.41, 5.74) is 9.09. The molecule has 20 heavy (non-hydrogen) atoms. The van der Waals surface area contributed by atoms with E-state index in [9.17, 15) is 4.79 Å². The van der Waals surface area contributed by atoms with Crippen molar-refractivity contribution in [2.75, 3.05) is 5.73 Å². The van der Waals surface area contributed by atoms with Crippen molar-refractivity contribution in [3.8, 4) is 5.75 Å². The first-order chi connectivity index (χ1) is 9.61. The van der Waals surface area contributed by atoms with Gasteiger partial charge in [0, 0.05) is 17.3 Å². The lowest BCUT2D eigenvalue weighted by Gasteiger charge is -2.13. The summed E-state index contributed by atoms with van der Waals surface area (Å²) in [6.45, 7) is 4.03. The molecule has 0 heterocycles. The normalized spacial score (nSPS) is 10.3. The summed E-state index contributed by atoms with van der Waals surface area (Å²) in [6, 6.07) is 13.6. The molecule has 3 nitrogen and oxygen atoms in total. The van der Waals surface area contributed by atoms with E-state index in [0.29, 0.717) is 23.6 Å². The van der Waals surface area contributed by atoms with Crippen LogP contribution in [0.1, 0.15) is 35.3 Å². The Morgan fingerprint density at radius 2 is 1.90 bits per heavy atom. The highest BCUT2D eigenvalue weighted by molar-refractivity contribution is 6.00. The number of benzene rings is 2. The standard InChI is InChI=1S/C17H19NO2/c1-3-14-9-15(10-16(18)17(14)12(2)19)20-11-13-7-5-4-6-8-13/h4-10H,3,11,18H2,1-2H3. The third kappa shape index (κ3) is 3.18. The molecule has 3 heteroatoms. The Morgan fingerprint density at radius 3 is 2.50 bits per heavy atom. The van der Waals surface area contributed by atoms with E-state index >= 15 is 0 Å². The first kappa shape index (κ1) is 14.1. The third-order valence-electron chi connectivity index (χ3n) is 3.21. The first-order valence-electron chi connectivity index (χ1n) is 6.72. The summed E-state index contributed by atoms with van der Waals surface area (Å²) >= 11 is 0. The van der Waals surface area contributed by atoms with Crippen LogP contribution in [0.15, 0.2) is 42.5 Å². The quantitative estimate of drug-likeness (QED) is 0.666. The topological polar surface area (TPSA) is 52.3 Å². The number of aryl methyl sites for hydroxylation is 1. The van der Waals surface area contributed by atoms with Gasteiger partial charge in [-0.3, -0.25) is 4.79 Å². The van der Waals surface area contributed by atoms with Crippen LogP contribution in [-0.2, 0) is 13.0 Å². The van der Waals surface area contributed by atoms with Gasteiger partial charge in [0.15, 0.2) is 5.78 Å². The van der Waals surface area contributed by atoms with Crippen molar-refractivity contribution in [2.45, 2.75) is 26.9 Å². The van der Waals surface area contributed by atoms with Gasteiger partial charge < -0.3 is 10.5 Å². The molecule has 0 spiro atoms. The number of hydrogen-bond acceptors (Lipinski definition) is 3. The fourth-order valence-corrected chi connectivity index (χ4v) is 2.23. The summed E-state index contributed by atoms with van der Waals surface area (Å²) in [7, 11) is 0. The smallest absolute Gasteiger partial charge is 0.162 e. The predicted octanol–water partition coefficient (Wildman–Crippen LogP) is 3.61. The summed E-state index contributed by atoms with van der Waals surface area (Å²) in [4.78, 5) is 11.6. The van der Waals surface area contributed by atoms with E-state index in [0.717, 1.165) is 17.5 Å². The van der Waals surface area contributed by atoms with Crippen LogP contribution < -0.4 is 10.5 Å². The number of nitrogens with two attached hydrogens (primary N) is 1. The zero-order valence-electron chi connectivity index (χ0n) is 11.8. The number of hydrogen-bond donors (Lipinski definition) is 1. The molecule has 0 aliphatic rings. The summed E-state index contributed by atoms with van der Waals surface area (Å²) < 4.78 is 5.76. The maximum atomic E-state index is 11.6. The van der Waals surface area contributed by atoms with Gasteiger partial charge in [-0.25, -0.2) is 0 Å². The van der Waals surface area contributed by atoms with Gasteiger partial charge >= 0.3 is 0 Å². The van der Waals surface area contributed by atoms with E-state index in [1.165, 1.54) is 6.92 Å². The highest BCUT2D eigenvalue weighted by Gasteiger charge is 2.12. The van der Waals surface area contributed by atoms with Gasteiger partial charge in [0.25, 0.3) is 0 Å². The molecule has 0 saturated carbocycles. The number of carbonyl (C=O) groups excluding carboxylic acids is 1. The van der Waals surface area contributed by atoms with Crippen LogP contribution >= 0.6 is 0 Å². The van der Waals surface area contributed by atoms with Crippen molar-refractivity contribution < 1.29 is 9.53 Å². The van der Waals surface area contributed by atoms with Gasteiger partial charge in [-0.2, -0.15) is 0 Å². The Bertz CT molecular complexity index is 606. The molecule has 0 radical (unpaired) electrons. The van der Waals surface area contributed by atoms with Gasteiger partial charge in [0.05, 0.1) is 0 Å². The Balaban J connectivity index is 2.21. The van der Waals surface area contributed by atoms with Crippen LogP contribution in [0, 0.1) is 0 Å². The van der Waals surface area contributed by atoms with Crippen LogP contribution in [0.4, 0.5) is 5.69 Å². The average Bonchev–Trinajstić information content (AvgIpc) is 2.45. The second kappa shape index (κ2) is 6.24. The zero-order valence-corrected chi connectivity index (χ0v) is 11.8. The minimum absolute atomic E-state index is 0.00559. The van der Waals surface area contributed by atoms with Crippen LogP contribution in [0.5, 0.6) is 5.75 Å². The Morgan fingerprint density at radius 1 is 1.20 bits per heavy atom. The third-order valence-corrected chi connectivity index (χ3v) is 3.21. The highest BCUT2D eigenvalue weighted by atomic mass is 16.5. The summed E-state index contributed by atoms with van der Waals surface area (Å²) in [5.74, 6) is 0.696. The second-order valence-electron chi connectivity index (χ2n) is 4.73. The molecular weight excluding hydrogens is 250 g/mol. The number of carbonyl (C=O) groups is 1. The van der Waals surface area contributed by atoms with E-state index in [2.05, 4.69) is 0 Å². The highest BCUT2D eigenvalue weighted by Crippen LogP contribution is 2.26. The van der Waals surface area contributed by atoms with Gasteiger partial charge in [0.1, 0.15) is 12.4 Å². The maximum absolute atomic E-state index is 11.6. The molecule has 0 aliphatic carbocycles. The second-order valence-corrected chi connectivity index (χ2v) is 4.73. The predicted molar refractivity (Wildman–Crippen MR) is 81.0 cm³/mol. The monoisotopic (exact) mass is 269 g/mol. The van der Waals surface area contributed by atoms with E-state index in [-0.39, 0.29) is 5.78 Å². The molecule has 0 saturated heterocycles. The first-order valence-corrected chi connectivity index (χ1v) is 6.72. The maximum Gasteiger partial charge on any atom is 0.162 e. The van der Waals surface area contributed by atoms with Crippen molar-refractivity contribution in [2.24, 2.45) is 0 Å². The number of nitrogen functional groups attached to an aromatic ring is 1. The number of anilines is 1. The lowest BCUT2D eigenvalue weighted by atomic mass is 10.00. The summed E-state index contributed by atoms with van der Waals surface area (Å²) in [6.07, 6.45) is 0.752. The van der Waals surface area contributed by atoms with Crippen LogP contribution in [0.25, 0.3) is 0 Å². The van der Waals surface area contributed by atoms with Gasteiger partial charge in [-0.15, -0.1) is 0 Å². The average molecular weight is 269 g/mol. The molecule has 2 N–H and O–H groups in total. The fraction of sp³-hybridized carbons (Fsp3) is 0.235. The molecule has 0 fully saturated rings.